The molecule has 2 fully saturated rings. The largest absolute Gasteiger partial charge is 0.355 e. The van der Waals surface area contributed by atoms with Crippen molar-refractivity contribution in [3.05, 3.63) is 30.2 Å². The monoisotopic (exact) mass is 356 g/mol. The zero-order valence-corrected chi connectivity index (χ0v) is 14.9. The van der Waals surface area contributed by atoms with E-state index in [9.17, 15) is 4.79 Å². The lowest BCUT2D eigenvalue weighted by atomic mass is 10.2. The van der Waals surface area contributed by atoms with Gasteiger partial charge in [0.05, 0.1) is 6.20 Å². The summed E-state index contributed by atoms with van der Waals surface area (Å²) < 4.78 is 4.96. The van der Waals surface area contributed by atoms with Crippen LogP contribution in [-0.2, 0) is 0 Å². The number of aromatic nitrogens is 3. The molecule has 2 saturated heterocycles. The third-order valence-electron chi connectivity index (χ3n) is 5.11. The normalized spacial score (nSPS) is 18.7. The Morgan fingerprint density at radius 1 is 0.808 bits per heavy atom. The number of nitrogens with zero attached hydrogens (tertiary/aromatic N) is 6. The zero-order valence-electron chi connectivity index (χ0n) is 14.9. The minimum Gasteiger partial charge on any atom is -0.355 e. The van der Waals surface area contributed by atoms with Gasteiger partial charge < -0.3 is 19.2 Å². The Morgan fingerprint density at radius 3 is 1.96 bits per heavy atom. The van der Waals surface area contributed by atoms with Gasteiger partial charge in [-0.2, -0.15) is 0 Å². The number of anilines is 2. The van der Waals surface area contributed by atoms with E-state index in [-0.39, 0.29) is 5.91 Å². The molecule has 2 aliphatic heterocycles. The van der Waals surface area contributed by atoms with E-state index >= 15 is 0 Å². The van der Waals surface area contributed by atoms with Crippen LogP contribution in [0.15, 0.2) is 28.9 Å². The highest BCUT2D eigenvalue weighted by Crippen LogP contribution is 2.20. The zero-order chi connectivity index (χ0) is 17.8. The second-order valence-electron chi connectivity index (χ2n) is 6.81. The lowest BCUT2D eigenvalue weighted by Gasteiger charge is -2.34. The van der Waals surface area contributed by atoms with E-state index in [0.29, 0.717) is 18.8 Å². The summed E-state index contributed by atoms with van der Waals surface area (Å²) in [6.45, 7) is 4.87. The predicted octanol–water partition coefficient (Wildman–Crippen LogP) is 1.81. The Bertz CT molecular complexity index is 702. The van der Waals surface area contributed by atoms with Gasteiger partial charge in [-0.3, -0.25) is 4.79 Å². The van der Waals surface area contributed by atoms with Crippen molar-refractivity contribution in [2.45, 2.75) is 25.7 Å². The summed E-state index contributed by atoms with van der Waals surface area (Å²) in [7, 11) is 0. The first-order valence-electron chi connectivity index (χ1n) is 9.35. The average molecular weight is 356 g/mol. The molecule has 2 aliphatic rings. The van der Waals surface area contributed by atoms with Crippen molar-refractivity contribution in [1.29, 1.82) is 0 Å². The molecule has 8 nitrogen and oxygen atoms in total. The van der Waals surface area contributed by atoms with Gasteiger partial charge in [-0.1, -0.05) is 18.0 Å². The van der Waals surface area contributed by atoms with Crippen LogP contribution in [-0.4, -0.2) is 65.4 Å². The molecule has 0 bridgehead atoms. The number of amides is 1. The fourth-order valence-corrected chi connectivity index (χ4v) is 3.58. The Balaban J connectivity index is 1.35. The van der Waals surface area contributed by atoms with Crippen molar-refractivity contribution in [2.75, 3.05) is 49.1 Å². The minimum absolute atomic E-state index is 0.107. The van der Waals surface area contributed by atoms with E-state index in [1.165, 1.54) is 31.9 Å². The van der Waals surface area contributed by atoms with Gasteiger partial charge in [0.2, 0.25) is 5.76 Å². The quantitative estimate of drug-likeness (QED) is 0.830. The molecule has 2 aromatic rings. The molecule has 26 heavy (non-hydrogen) atoms. The second kappa shape index (κ2) is 7.72. The third-order valence-corrected chi connectivity index (χ3v) is 5.11. The Hall–Kier alpha value is -2.64. The van der Waals surface area contributed by atoms with Gasteiger partial charge in [-0.15, -0.1) is 10.2 Å². The first kappa shape index (κ1) is 16.8. The highest BCUT2D eigenvalue weighted by molar-refractivity contribution is 5.91. The molecule has 138 valence electrons. The number of carbonyl (C=O) groups is 1. The number of carbonyl (C=O) groups excluding carboxylic acids is 1. The molecule has 0 aromatic carbocycles. The van der Waals surface area contributed by atoms with Gasteiger partial charge in [0, 0.05) is 45.3 Å². The lowest BCUT2D eigenvalue weighted by molar-refractivity contribution is 0.0704. The molecule has 0 atom stereocenters. The van der Waals surface area contributed by atoms with Crippen molar-refractivity contribution >= 4 is 17.5 Å². The van der Waals surface area contributed by atoms with Crippen LogP contribution in [0.1, 0.15) is 36.2 Å². The summed E-state index contributed by atoms with van der Waals surface area (Å²) in [5.41, 5.74) is 0. The second-order valence-corrected chi connectivity index (χ2v) is 6.81. The van der Waals surface area contributed by atoms with Crippen LogP contribution in [0.2, 0.25) is 0 Å². The maximum atomic E-state index is 12.3. The highest BCUT2D eigenvalue weighted by atomic mass is 16.5. The minimum atomic E-state index is -0.107. The highest BCUT2D eigenvalue weighted by Gasteiger charge is 2.25. The van der Waals surface area contributed by atoms with Crippen LogP contribution in [0.3, 0.4) is 0 Å². The van der Waals surface area contributed by atoms with Crippen LogP contribution >= 0.6 is 0 Å². The van der Waals surface area contributed by atoms with Gasteiger partial charge in [-0.25, -0.2) is 0 Å². The maximum absolute atomic E-state index is 12.3. The summed E-state index contributed by atoms with van der Waals surface area (Å²) in [5, 5.41) is 12.5. The molecule has 1 amide bonds. The number of hydrogen-bond acceptors (Lipinski definition) is 7. The van der Waals surface area contributed by atoms with Crippen LogP contribution in [0.4, 0.5) is 11.6 Å². The first-order valence-corrected chi connectivity index (χ1v) is 9.35. The summed E-state index contributed by atoms with van der Waals surface area (Å²) in [4.78, 5) is 18.6. The molecule has 0 unspecified atom stereocenters. The number of rotatable bonds is 3. The fourth-order valence-electron chi connectivity index (χ4n) is 3.58. The Morgan fingerprint density at radius 2 is 1.42 bits per heavy atom. The summed E-state index contributed by atoms with van der Waals surface area (Å²) >= 11 is 0. The van der Waals surface area contributed by atoms with Gasteiger partial charge in [0.25, 0.3) is 5.91 Å². The SMILES string of the molecule is O=C(c1ccno1)N1CCN(c2ccc(N3CCCCCC3)nn2)CC1. The van der Waals surface area contributed by atoms with Crippen molar-refractivity contribution in [2.24, 2.45) is 0 Å². The van der Waals surface area contributed by atoms with Crippen LogP contribution in [0, 0.1) is 0 Å². The van der Waals surface area contributed by atoms with E-state index in [2.05, 4.69) is 31.2 Å². The molecule has 4 rings (SSSR count). The fraction of sp³-hybridized carbons (Fsp3) is 0.556. The van der Waals surface area contributed by atoms with Gasteiger partial charge in [-0.05, 0) is 25.0 Å². The molecule has 8 heteroatoms. The van der Waals surface area contributed by atoms with E-state index in [1.807, 2.05) is 6.07 Å². The van der Waals surface area contributed by atoms with E-state index in [4.69, 9.17) is 4.52 Å². The van der Waals surface area contributed by atoms with Crippen LogP contribution < -0.4 is 9.80 Å². The smallest absolute Gasteiger partial charge is 0.292 e. The molecule has 0 spiro atoms. The Labute approximate surface area is 152 Å². The Kier molecular flexibility index (Phi) is 4.99. The molecule has 2 aromatic heterocycles. The van der Waals surface area contributed by atoms with Gasteiger partial charge >= 0.3 is 0 Å². The standard InChI is InChI=1S/C18H24N6O2/c25-18(15-7-8-19-26-15)24-13-11-23(12-14-24)17-6-5-16(20-21-17)22-9-3-1-2-4-10-22/h5-8H,1-4,9-14H2. The van der Waals surface area contributed by atoms with Crippen molar-refractivity contribution < 1.29 is 9.32 Å². The number of piperazine rings is 1. The maximum Gasteiger partial charge on any atom is 0.292 e. The molecule has 4 heterocycles. The van der Waals surface area contributed by atoms with E-state index in [0.717, 1.165) is 37.8 Å². The lowest BCUT2D eigenvalue weighted by Crippen LogP contribution is -2.49. The van der Waals surface area contributed by atoms with Crippen LogP contribution in [0.25, 0.3) is 0 Å². The summed E-state index contributed by atoms with van der Waals surface area (Å²) in [6, 6.07) is 5.71. The predicted molar refractivity (Wildman–Crippen MR) is 97.3 cm³/mol. The average Bonchev–Trinajstić information content (AvgIpc) is 3.10. The molecule has 0 saturated carbocycles. The van der Waals surface area contributed by atoms with E-state index in [1.54, 1.807) is 11.0 Å². The van der Waals surface area contributed by atoms with Crippen molar-refractivity contribution in [3.63, 3.8) is 0 Å². The molecular weight excluding hydrogens is 332 g/mol. The summed E-state index contributed by atoms with van der Waals surface area (Å²) in [5.74, 6) is 2.02. The van der Waals surface area contributed by atoms with Gasteiger partial charge in [0.15, 0.2) is 11.6 Å². The molecule has 0 N–H and O–H groups in total. The summed E-state index contributed by atoms with van der Waals surface area (Å²) in [6.07, 6.45) is 6.55. The third kappa shape index (κ3) is 3.63. The molecular formula is C18H24N6O2. The van der Waals surface area contributed by atoms with Crippen molar-refractivity contribution in [3.8, 4) is 0 Å². The topological polar surface area (TPSA) is 78.6 Å². The van der Waals surface area contributed by atoms with E-state index < -0.39 is 0 Å². The molecule has 0 radical (unpaired) electrons. The van der Waals surface area contributed by atoms with Crippen LogP contribution in [0.5, 0.6) is 0 Å². The molecule has 0 aliphatic carbocycles. The number of hydrogen-bond donors (Lipinski definition) is 0. The first-order chi connectivity index (χ1) is 12.8. The van der Waals surface area contributed by atoms with Crippen molar-refractivity contribution in [1.82, 2.24) is 20.3 Å². The van der Waals surface area contributed by atoms with Gasteiger partial charge in [0.1, 0.15) is 0 Å².